The molecule has 2 fully saturated rings. The predicted molar refractivity (Wildman–Crippen MR) is 125 cm³/mol. The molecule has 1 aromatic rings. The molecule has 0 amide bonds. The summed E-state index contributed by atoms with van der Waals surface area (Å²) < 4.78 is 10.9. The number of ether oxygens (including phenoxy) is 2. The Hall–Kier alpha value is -1.66. The van der Waals surface area contributed by atoms with Gasteiger partial charge in [0.15, 0.2) is 0 Å². The molecule has 9 unspecified atom stereocenters. The van der Waals surface area contributed by atoms with E-state index in [2.05, 4.69) is 0 Å². The smallest absolute Gasteiger partial charge is 0.111 e. The molecule has 9 nitrogen and oxygen atoms in total. The van der Waals surface area contributed by atoms with E-state index in [4.69, 9.17) is 9.47 Å². The van der Waals surface area contributed by atoms with Gasteiger partial charge in [0.05, 0.1) is 25.4 Å². The second-order valence-electron chi connectivity index (χ2n) is 9.13. The number of rotatable bonds is 7. The van der Waals surface area contributed by atoms with E-state index in [0.29, 0.717) is 12.8 Å². The Morgan fingerprint density at radius 1 is 0.765 bits per heavy atom. The fourth-order valence-corrected chi connectivity index (χ4v) is 4.47. The van der Waals surface area contributed by atoms with E-state index < -0.39 is 61.5 Å². The van der Waals surface area contributed by atoms with Crippen LogP contribution in [0.4, 0.5) is 0 Å². The molecule has 2 heterocycles. The Labute approximate surface area is 199 Å². The summed E-state index contributed by atoms with van der Waals surface area (Å²) in [6.45, 7) is 3.49. The van der Waals surface area contributed by atoms with E-state index in [0.717, 1.165) is 22.3 Å². The zero-order valence-corrected chi connectivity index (χ0v) is 19.4. The quantitative estimate of drug-likeness (QED) is 0.271. The van der Waals surface area contributed by atoms with Crippen molar-refractivity contribution in [1.29, 1.82) is 0 Å². The molecule has 1 aromatic carbocycles. The van der Waals surface area contributed by atoms with Crippen LogP contribution < -0.4 is 0 Å². The van der Waals surface area contributed by atoms with Crippen molar-refractivity contribution >= 4 is 12.2 Å². The van der Waals surface area contributed by atoms with Crippen LogP contribution in [0.15, 0.2) is 24.3 Å². The summed E-state index contributed by atoms with van der Waals surface area (Å²) in [5, 5.41) is 68.7. The third-order valence-electron chi connectivity index (χ3n) is 6.54. The van der Waals surface area contributed by atoms with Gasteiger partial charge in [-0.1, -0.05) is 36.4 Å². The highest BCUT2D eigenvalue weighted by atomic mass is 16.5. The van der Waals surface area contributed by atoms with E-state index in [9.17, 15) is 35.7 Å². The molecule has 9 heteroatoms. The van der Waals surface area contributed by atoms with Crippen molar-refractivity contribution in [3.8, 4) is 0 Å². The lowest BCUT2D eigenvalue weighted by molar-refractivity contribution is -0.227. The molecule has 34 heavy (non-hydrogen) atoms. The van der Waals surface area contributed by atoms with Crippen molar-refractivity contribution in [1.82, 2.24) is 0 Å². The Bertz CT molecular complexity index is 845. The summed E-state index contributed by atoms with van der Waals surface area (Å²) in [6, 6.07) is 4.01. The van der Waals surface area contributed by atoms with Crippen molar-refractivity contribution < 1.29 is 45.2 Å². The van der Waals surface area contributed by atoms with Crippen LogP contribution >= 0.6 is 0 Å². The molecule has 0 aromatic heterocycles. The van der Waals surface area contributed by atoms with E-state index in [1.54, 1.807) is 0 Å². The topological polar surface area (TPSA) is 160 Å². The molecule has 0 bridgehead atoms. The van der Waals surface area contributed by atoms with Gasteiger partial charge >= 0.3 is 0 Å². The van der Waals surface area contributed by atoms with Gasteiger partial charge in [0.2, 0.25) is 0 Å². The number of hydrogen-bond donors (Lipinski definition) is 7. The van der Waals surface area contributed by atoms with Gasteiger partial charge in [-0.05, 0) is 48.9 Å². The van der Waals surface area contributed by atoms with E-state index >= 15 is 0 Å². The fourth-order valence-electron chi connectivity index (χ4n) is 4.47. The Morgan fingerprint density at radius 2 is 1.32 bits per heavy atom. The lowest BCUT2D eigenvalue weighted by atomic mass is 9.93. The molecule has 190 valence electrons. The molecule has 0 radical (unpaired) electrons. The Morgan fingerprint density at radius 3 is 1.97 bits per heavy atom. The molecule has 2 aliphatic rings. The van der Waals surface area contributed by atoms with Gasteiger partial charge in [-0.2, -0.15) is 0 Å². The molecule has 2 saturated heterocycles. The average molecular weight is 481 g/mol. The maximum Gasteiger partial charge on any atom is 0.111 e. The number of aryl methyl sites for hydroxylation is 2. The Kier molecular flexibility index (Phi) is 9.39. The van der Waals surface area contributed by atoms with Crippen molar-refractivity contribution in [3.05, 3.63) is 46.5 Å². The summed E-state index contributed by atoms with van der Waals surface area (Å²) in [4.78, 5) is 0. The summed E-state index contributed by atoms with van der Waals surface area (Å²) in [7, 11) is 0. The van der Waals surface area contributed by atoms with E-state index in [1.165, 1.54) is 0 Å². The second kappa shape index (κ2) is 11.9. The molecular formula is C25H36O9. The van der Waals surface area contributed by atoms with Gasteiger partial charge in [0.1, 0.15) is 42.7 Å². The van der Waals surface area contributed by atoms with Crippen molar-refractivity contribution in [2.24, 2.45) is 0 Å². The third kappa shape index (κ3) is 6.12. The van der Waals surface area contributed by atoms with E-state index in [-0.39, 0.29) is 6.61 Å². The fraction of sp³-hybridized carbons (Fsp3) is 0.600. The van der Waals surface area contributed by atoms with Gasteiger partial charge in [-0.25, -0.2) is 0 Å². The maximum absolute atomic E-state index is 10.2. The molecule has 7 N–H and O–H groups in total. The van der Waals surface area contributed by atoms with Crippen molar-refractivity contribution in [3.63, 3.8) is 0 Å². The molecule has 9 atom stereocenters. The minimum absolute atomic E-state index is 0.0149. The monoisotopic (exact) mass is 480 g/mol. The van der Waals surface area contributed by atoms with Gasteiger partial charge in [-0.15, -0.1) is 0 Å². The molecule has 0 spiro atoms. The minimum Gasteiger partial charge on any atom is -0.394 e. The number of aliphatic hydroxyl groups excluding tert-OH is 7. The highest BCUT2D eigenvalue weighted by molar-refractivity contribution is 5.63. The second-order valence-corrected chi connectivity index (χ2v) is 9.13. The Balaban J connectivity index is 1.60. The SMILES string of the molecule is Cc1cc(C=CCC2OC(CO)C(O)C(O)C2O)cc(C)c1C=CCC1OCC(O)C(O)C1O. The summed E-state index contributed by atoms with van der Waals surface area (Å²) in [5.41, 5.74) is 4.03. The molecule has 0 saturated carbocycles. The maximum atomic E-state index is 10.2. The summed E-state index contributed by atoms with van der Waals surface area (Å²) in [5.74, 6) is 0. The van der Waals surface area contributed by atoms with Crippen LogP contribution in [0.1, 0.15) is 35.1 Å². The summed E-state index contributed by atoms with van der Waals surface area (Å²) >= 11 is 0. The number of benzene rings is 1. The lowest BCUT2D eigenvalue weighted by Crippen LogP contribution is -2.58. The van der Waals surface area contributed by atoms with Gasteiger partial charge in [0.25, 0.3) is 0 Å². The van der Waals surface area contributed by atoms with Crippen LogP contribution in [0.25, 0.3) is 12.2 Å². The first-order valence-corrected chi connectivity index (χ1v) is 11.5. The number of aliphatic hydroxyl groups is 7. The minimum atomic E-state index is -1.38. The molecular weight excluding hydrogens is 444 g/mol. The lowest BCUT2D eigenvalue weighted by Gasteiger charge is -2.39. The van der Waals surface area contributed by atoms with Crippen molar-refractivity contribution in [2.45, 2.75) is 81.6 Å². The largest absolute Gasteiger partial charge is 0.394 e. The van der Waals surface area contributed by atoms with Crippen LogP contribution in [-0.2, 0) is 9.47 Å². The van der Waals surface area contributed by atoms with Gasteiger partial charge in [-0.3, -0.25) is 0 Å². The zero-order chi connectivity index (χ0) is 25.0. The molecule has 0 aliphatic carbocycles. The molecule has 3 rings (SSSR count). The first-order valence-electron chi connectivity index (χ1n) is 11.5. The first-order chi connectivity index (χ1) is 16.1. The van der Waals surface area contributed by atoms with E-state index in [1.807, 2.05) is 50.3 Å². The molecule has 2 aliphatic heterocycles. The van der Waals surface area contributed by atoms with Gasteiger partial charge in [0, 0.05) is 0 Å². The third-order valence-corrected chi connectivity index (χ3v) is 6.54. The zero-order valence-electron chi connectivity index (χ0n) is 19.4. The highest BCUT2D eigenvalue weighted by Crippen LogP contribution is 2.25. The van der Waals surface area contributed by atoms with Crippen LogP contribution in [-0.4, -0.2) is 104 Å². The first kappa shape index (κ1) is 26.9. The number of hydrogen-bond acceptors (Lipinski definition) is 9. The summed E-state index contributed by atoms with van der Waals surface area (Å²) in [6.07, 6.45) is -1.48. The highest BCUT2D eigenvalue weighted by Gasteiger charge is 2.42. The average Bonchev–Trinajstić information content (AvgIpc) is 2.80. The standard InChI is InChI=1S/C25H36O9/c1-13-9-15(5-3-8-19-23(30)25(32)24(31)20(11-26)34-19)10-14(2)16(13)6-4-7-18-22(29)21(28)17(27)12-33-18/h3-6,9-10,17-32H,7-8,11-12H2,1-2H3. The van der Waals surface area contributed by atoms with Crippen molar-refractivity contribution in [2.75, 3.05) is 13.2 Å². The van der Waals surface area contributed by atoms with Crippen LogP contribution in [0.5, 0.6) is 0 Å². The van der Waals surface area contributed by atoms with Crippen LogP contribution in [0, 0.1) is 13.8 Å². The normalized spacial score (nSPS) is 37.0. The van der Waals surface area contributed by atoms with Crippen LogP contribution in [0.2, 0.25) is 0 Å². The van der Waals surface area contributed by atoms with Gasteiger partial charge < -0.3 is 45.2 Å². The predicted octanol–water partition coefficient (Wildman–Crippen LogP) is -0.566. The van der Waals surface area contributed by atoms with Crippen LogP contribution in [0.3, 0.4) is 0 Å².